The van der Waals surface area contributed by atoms with E-state index in [-0.39, 0.29) is 0 Å². The van der Waals surface area contributed by atoms with Crippen LogP contribution in [0.4, 0.5) is 5.69 Å². The lowest BCUT2D eigenvalue weighted by Crippen LogP contribution is -2.05. The maximum absolute atomic E-state index is 12.8. The summed E-state index contributed by atoms with van der Waals surface area (Å²) in [7, 11) is 0. The Morgan fingerprint density at radius 2 is 1.73 bits per heavy atom. The van der Waals surface area contributed by atoms with E-state index in [1.807, 2.05) is 48.5 Å². The van der Waals surface area contributed by atoms with Crippen molar-refractivity contribution < 1.29 is 4.42 Å². The van der Waals surface area contributed by atoms with E-state index in [0.29, 0.717) is 38.1 Å². The molecule has 2 heterocycles. The zero-order chi connectivity index (χ0) is 22.8. The van der Waals surface area contributed by atoms with Gasteiger partial charge in [0.1, 0.15) is 11.3 Å². The van der Waals surface area contributed by atoms with Gasteiger partial charge in [-0.15, -0.1) is 0 Å². The Hall–Kier alpha value is -3.87. The summed E-state index contributed by atoms with van der Waals surface area (Å²) < 4.78 is 7.22. The lowest BCUT2D eigenvalue weighted by molar-refractivity contribution is 0.563. The van der Waals surface area contributed by atoms with Crippen molar-refractivity contribution in [3.05, 3.63) is 111 Å². The summed E-state index contributed by atoms with van der Waals surface area (Å²) in [6, 6.07) is 23.9. The first-order valence-electron chi connectivity index (χ1n) is 10.0. The van der Waals surface area contributed by atoms with Crippen molar-refractivity contribution in [2.45, 2.75) is 0 Å². The van der Waals surface area contributed by atoms with E-state index in [9.17, 15) is 4.79 Å². The van der Waals surface area contributed by atoms with Gasteiger partial charge in [0.25, 0.3) is 0 Å². The molecule has 0 radical (unpaired) electrons. The number of nitrogens with one attached hydrogen (secondary N) is 1. The van der Waals surface area contributed by atoms with E-state index in [2.05, 4.69) is 15.6 Å². The Kier molecular flexibility index (Phi) is 5.69. The van der Waals surface area contributed by atoms with Crippen LogP contribution in [0.3, 0.4) is 0 Å². The van der Waals surface area contributed by atoms with E-state index in [0.717, 1.165) is 11.1 Å². The minimum absolute atomic E-state index is 0.347. The molecule has 0 aliphatic rings. The largest absolute Gasteiger partial charge is 0.422 e. The number of halogens is 2. The topological polar surface area (TPSA) is 72.4 Å². The van der Waals surface area contributed by atoms with Crippen LogP contribution in [0.2, 0.25) is 10.0 Å². The Morgan fingerprint density at radius 1 is 0.939 bits per heavy atom. The van der Waals surface area contributed by atoms with Gasteiger partial charge in [-0.25, -0.2) is 9.48 Å². The Bertz CT molecular complexity index is 1540. The van der Waals surface area contributed by atoms with Gasteiger partial charge in [0.15, 0.2) is 0 Å². The van der Waals surface area contributed by atoms with Crippen LogP contribution in [-0.4, -0.2) is 16.0 Å². The highest BCUT2D eigenvalue weighted by molar-refractivity contribution is 6.42. The first kappa shape index (κ1) is 21.0. The molecular weight excluding hydrogens is 459 g/mol. The van der Waals surface area contributed by atoms with Crippen LogP contribution in [0.5, 0.6) is 0 Å². The summed E-state index contributed by atoms with van der Waals surface area (Å²) in [4.78, 5) is 12.8. The molecule has 0 spiro atoms. The maximum Gasteiger partial charge on any atom is 0.345 e. The van der Waals surface area contributed by atoms with E-state index in [1.54, 1.807) is 47.4 Å². The van der Waals surface area contributed by atoms with Crippen molar-refractivity contribution in [1.29, 1.82) is 0 Å². The third-order valence-electron chi connectivity index (χ3n) is 4.98. The van der Waals surface area contributed by atoms with Crippen LogP contribution in [0.15, 0.2) is 99.4 Å². The first-order chi connectivity index (χ1) is 16.1. The van der Waals surface area contributed by atoms with Crippen LogP contribution in [0, 0.1) is 0 Å². The number of aromatic nitrogens is 2. The van der Waals surface area contributed by atoms with Gasteiger partial charge in [0.2, 0.25) is 0 Å². The zero-order valence-electron chi connectivity index (χ0n) is 17.1. The third kappa shape index (κ3) is 4.39. The predicted octanol–water partition coefficient (Wildman–Crippen LogP) is 6.40. The summed E-state index contributed by atoms with van der Waals surface area (Å²) in [5.74, 6) is 0. The highest BCUT2D eigenvalue weighted by Crippen LogP contribution is 2.26. The molecule has 2 aromatic heterocycles. The van der Waals surface area contributed by atoms with Gasteiger partial charge in [0.05, 0.1) is 33.2 Å². The number of nitrogens with zero attached hydrogens (tertiary/aromatic N) is 3. The van der Waals surface area contributed by atoms with Gasteiger partial charge in [-0.2, -0.15) is 10.2 Å². The van der Waals surface area contributed by atoms with Gasteiger partial charge in [0, 0.05) is 17.1 Å². The van der Waals surface area contributed by atoms with Crippen molar-refractivity contribution in [3.63, 3.8) is 0 Å². The molecular formula is C25H16Cl2N4O2. The van der Waals surface area contributed by atoms with Crippen molar-refractivity contribution in [2.24, 2.45) is 5.10 Å². The second-order valence-electron chi connectivity index (χ2n) is 7.20. The number of para-hydroxylation sites is 2. The van der Waals surface area contributed by atoms with Crippen LogP contribution in [0.25, 0.3) is 27.9 Å². The second kappa shape index (κ2) is 8.94. The summed E-state index contributed by atoms with van der Waals surface area (Å²) in [5.41, 5.74) is 5.92. The van der Waals surface area contributed by atoms with Crippen molar-refractivity contribution >= 4 is 46.1 Å². The average Bonchev–Trinajstić information content (AvgIpc) is 3.25. The molecule has 0 saturated heterocycles. The SMILES string of the molecule is O=c1oc2ccccc2cc1-c1nn(-c2ccccc2)cc1C=NNc1ccc(Cl)c(Cl)c1. The van der Waals surface area contributed by atoms with Gasteiger partial charge in [-0.05, 0) is 42.5 Å². The summed E-state index contributed by atoms with van der Waals surface area (Å²) in [6.45, 7) is 0. The molecule has 0 aliphatic carbocycles. The molecule has 0 fully saturated rings. The molecule has 0 aliphatic heterocycles. The number of benzene rings is 3. The molecule has 3 aromatic carbocycles. The van der Waals surface area contributed by atoms with Crippen molar-refractivity contribution in [1.82, 2.24) is 9.78 Å². The smallest absolute Gasteiger partial charge is 0.345 e. The Labute approximate surface area is 198 Å². The molecule has 0 atom stereocenters. The third-order valence-corrected chi connectivity index (χ3v) is 5.72. The van der Waals surface area contributed by atoms with Crippen molar-refractivity contribution in [3.8, 4) is 16.9 Å². The monoisotopic (exact) mass is 474 g/mol. The quantitative estimate of drug-likeness (QED) is 0.181. The number of fused-ring (bicyclic) bond motifs is 1. The molecule has 5 aromatic rings. The predicted molar refractivity (Wildman–Crippen MR) is 133 cm³/mol. The van der Waals surface area contributed by atoms with Crippen LogP contribution >= 0.6 is 23.2 Å². The fourth-order valence-electron chi connectivity index (χ4n) is 3.37. The summed E-state index contributed by atoms with van der Waals surface area (Å²) in [6.07, 6.45) is 3.40. The second-order valence-corrected chi connectivity index (χ2v) is 8.01. The molecule has 8 heteroatoms. The fourth-order valence-corrected chi connectivity index (χ4v) is 3.67. The molecule has 1 N–H and O–H groups in total. The number of rotatable bonds is 5. The highest BCUT2D eigenvalue weighted by atomic mass is 35.5. The minimum atomic E-state index is -0.473. The molecule has 33 heavy (non-hydrogen) atoms. The van der Waals surface area contributed by atoms with Crippen LogP contribution in [-0.2, 0) is 0 Å². The molecule has 6 nitrogen and oxygen atoms in total. The van der Waals surface area contributed by atoms with E-state index < -0.39 is 5.63 Å². The van der Waals surface area contributed by atoms with Gasteiger partial charge < -0.3 is 4.42 Å². The lowest BCUT2D eigenvalue weighted by Gasteiger charge is -2.02. The number of anilines is 1. The van der Waals surface area contributed by atoms with Crippen LogP contribution in [0.1, 0.15) is 5.56 Å². The minimum Gasteiger partial charge on any atom is -0.422 e. The summed E-state index contributed by atoms with van der Waals surface area (Å²) >= 11 is 12.0. The van der Waals surface area contributed by atoms with Gasteiger partial charge in [-0.1, -0.05) is 59.6 Å². The van der Waals surface area contributed by atoms with Crippen molar-refractivity contribution in [2.75, 3.05) is 5.43 Å². The molecule has 5 rings (SSSR count). The van der Waals surface area contributed by atoms with E-state index in [1.165, 1.54) is 0 Å². The molecule has 0 unspecified atom stereocenters. The van der Waals surface area contributed by atoms with E-state index in [4.69, 9.17) is 27.6 Å². The molecule has 0 amide bonds. The maximum atomic E-state index is 12.8. The molecule has 162 valence electrons. The first-order valence-corrected chi connectivity index (χ1v) is 10.8. The zero-order valence-corrected chi connectivity index (χ0v) is 18.6. The summed E-state index contributed by atoms with van der Waals surface area (Å²) in [5, 5.41) is 10.7. The van der Waals surface area contributed by atoms with E-state index >= 15 is 0 Å². The Morgan fingerprint density at radius 3 is 2.55 bits per heavy atom. The highest BCUT2D eigenvalue weighted by Gasteiger charge is 2.16. The lowest BCUT2D eigenvalue weighted by atomic mass is 10.1. The molecule has 0 saturated carbocycles. The molecule has 0 bridgehead atoms. The number of hydrogen-bond acceptors (Lipinski definition) is 5. The normalized spacial score (nSPS) is 11.3. The standard InChI is InChI=1S/C25H16Cl2N4O2/c26-21-11-10-18(13-22(21)27)29-28-14-17-15-31(19-7-2-1-3-8-19)30-24(17)20-12-16-6-4-5-9-23(16)33-25(20)32/h1-15,29H. The average molecular weight is 475 g/mol. The number of hydrogen-bond donors (Lipinski definition) is 1. The van der Waals surface area contributed by atoms with Gasteiger partial charge >= 0.3 is 5.63 Å². The number of hydrazone groups is 1. The van der Waals surface area contributed by atoms with Gasteiger partial charge in [-0.3, -0.25) is 5.43 Å². The Balaban J connectivity index is 1.58. The fraction of sp³-hybridized carbons (Fsp3) is 0. The van der Waals surface area contributed by atoms with Crippen LogP contribution < -0.4 is 11.1 Å².